The van der Waals surface area contributed by atoms with E-state index in [0.717, 1.165) is 0 Å². The lowest BCUT2D eigenvalue weighted by molar-refractivity contribution is -0.167. The van der Waals surface area contributed by atoms with Crippen molar-refractivity contribution >= 4 is 20.7 Å². The Morgan fingerprint density at radius 2 is 1.44 bits per heavy atom. The molecule has 0 aromatic carbocycles. The molecular formula is C17H30O7Si. The monoisotopic (exact) mass is 374 g/mol. The lowest BCUT2D eigenvalue weighted by Gasteiger charge is -2.31. The molecule has 1 aliphatic heterocycles. The predicted octanol–water partition coefficient (Wildman–Crippen LogP) is 2.61. The molecule has 0 unspecified atom stereocenters. The van der Waals surface area contributed by atoms with Gasteiger partial charge in [-0.3, -0.25) is 0 Å². The molecule has 0 radical (unpaired) electrons. The second kappa shape index (κ2) is 8.44. The smallest absolute Gasteiger partial charge is 0.461 e. The zero-order valence-corrected chi connectivity index (χ0v) is 17.2. The van der Waals surface area contributed by atoms with E-state index in [4.69, 9.17) is 22.8 Å². The Bertz CT molecular complexity index is 466. The first-order valence-electron chi connectivity index (χ1n) is 8.47. The molecule has 0 bridgehead atoms. The highest BCUT2D eigenvalue weighted by Gasteiger charge is 2.60. The maximum absolute atomic E-state index is 12.4. The Morgan fingerprint density at radius 1 is 1.04 bits per heavy atom. The van der Waals surface area contributed by atoms with Gasteiger partial charge in [0.15, 0.2) is 12.2 Å². The molecule has 0 saturated carbocycles. The normalized spacial score (nSPS) is 22.9. The number of allylic oxidation sites excluding steroid dienone is 1. The molecule has 0 spiro atoms. The van der Waals surface area contributed by atoms with Crippen molar-refractivity contribution in [1.29, 1.82) is 0 Å². The minimum absolute atomic E-state index is 0.265. The number of ether oxygens (including phenoxy) is 2. The van der Waals surface area contributed by atoms with Crippen LogP contribution in [0.5, 0.6) is 0 Å². The van der Waals surface area contributed by atoms with Gasteiger partial charge in [-0.1, -0.05) is 6.08 Å². The summed E-state index contributed by atoms with van der Waals surface area (Å²) in [5, 5.41) is 0. The highest BCUT2D eigenvalue weighted by molar-refractivity contribution is 6.62. The van der Waals surface area contributed by atoms with E-state index in [1.807, 2.05) is 20.8 Å². The fraction of sp³-hybridized carbons (Fsp3) is 0.765. The molecule has 7 nitrogen and oxygen atoms in total. The third-order valence-electron chi connectivity index (χ3n) is 2.91. The Labute approximate surface area is 151 Å². The zero-order valence-electron chi connectivity index (χ0n) is 16.2. The van der Waals surface area contributed by atoms with E-state index in [9.17, 15) is 9.59 Å². The van der Waals surface area contributed by atoms with E-state index in [1.54, 1.807) is 33.8 Å². The molecule has 8 heteroatoms. The highest BCUT2D eigenvalue weighted by Crippen LogP contribution is 2.34. The summed E-state index contributed by atoms with van der Waals surface area (Å²) in [6.45, 7) is 16.1. The number of carbonyl (C=O) groups excluding carboxylic acids is 2. The largest absolute Gasteiger partial charge is 0.506 e. The van der Waals surface area contributed by atoms with Crippen LogP contribution >= 0.6 is 0 Å². The second-order valence-corrected chi connectivity index (χ2v) is 9.89. The van der Waals surface area contributed by atoms with Gasteiger partial charge in [0.05, 0.1) is 17.8 Å². The lowest BCUT2D eigenvalue weighted by atomic mass is 10.2. The summed E-state index contributed by atoms with van der Waals surface area (Å²) in [6.07, 6.45) is -1.54. The topological polar surface area (TPSA) is 80.3 Å². The summed E-state index contributed by atoms with van der Waals surface area (Å²) in [6, 6.07) is 0.265. The quantitative estimate of drug-likeness (QED) is 0.385. The Hall–Kier alpha value is -1.22. The molecule has 25 heavy (non-hydrogen) atoms. The second-order valence-electron chi connectivity index (χ2n) is 7.44. The molecule has 0 aromatic heterocycles. The standard InChI is InChI=1S/C17H30O7Si/c1-9-10-25(24-17(6,7)8)22-13(15(18)20-11(2)3)14(23-25)16(19)21-12(4)5/h9,11-14H,1,10H2,2-8H3/t13-,14-/m1/s1. The van der Waals surface area contributed by atoms with Crippen LogP contribution in [-0.4, -0.2) is 50.8 Å². The number of carbonyl (C=O) groups is 2. The number of hydrogen-bond acceptors (Lipinski definition) is 7. The Morgan fingerprint density at radius 3 is 1.72 bits per heavy atom. The summed E-state index contributed by atoms with van der Waals surface area (Å²) in [5.74, 6) is -1.34. The van der Waals surface area contributed by atoms with E-state index in [1.165, 1.54) is 0 Å². The van der Waals surface area contributed by atoms with Crippen LogP contribution in [0.15, 0.2) is 12.7 Å². The van der Waals surface area contributed by atoms with Crippen LogP contribution in [0.2, 0.25) is 6.04 Å². The van der Waals surface area contributed by atoms with Gasteiger partial charge in [-0.2, -0.15) is 0 Å². The summed E-state index contributed by atoms with van der Waals surface area (Å²) in [4.78, 5) is 24.8. The van der Waals surface area contributed by atoms with Crippen LogP contribution in [0.3, 0.4) is 0 Å². The van der Waals surface area contributed by atoms with Crippen LogP contribution in [0.1, 0.15) is 48.5 Å². The van der Waals surface area contributed by atoms with Crippen molar-refractivity contribution in [2.45, 2.75) is 84.5 Å². The van der Waals surface area contributed by atoms with Gasteiger partial charge in [0.1, 0.15) is 0 Å². The summed E-state index contributed by atoms with van der Waals surface area (Å²) < 4.78 is 28.2. The van der Waals surface area contributed by atoms with Crippen molar-refractivity contribution in [2.24, 2.45) is 0 Å². The van der Waals surface area contributed by atoms with Crippen LogP contribution in [0.25, 0.3) is 0 Å². The molecular weight excluding hydrogens is 344 g/mol. The van der Waals surface area contributed by atoms with Gasteiger partial charge in [0.2, 0.25) is 0 Å². The number of hydrogen-bond donors (Lipinski definition) is 0. The van der Waals surface area contributed by atoms with E-state index >= 15 is 0 Å². The van der Waals surface area contributed by atoms with Crippen molar-refractivity contribution in [2.75, 3.05) is 0 Å². The molecule has 0 aliphatic carbocycles. The van der Waals surface area contributed by atoms with E-state index < -0.39 is 38.6 Å². The third-order valence-corrected chi connectivity index (χ3v) is 5.85. The highest BCUT2D eigenvalue weighted by atomic mass is 28.4. The average Bonchev–Trinajstić information content (AvgIpc) is 2.75. The van der Waals surface area contributed by atoms with Gasteiger partial charge in [0, 0.05) is 6.04 Å². The van der Waals surface area contributed by atoms with Crippen molar-refractivity contribution in [1.82, 2.24) is 0 Å². The van der Waals surface area contributed by atoms with Crippen molar-refractivity contribution in [3.63, 3.8) is 0 Å². The van der Waals surface area contributed by atoms with Crippen molar-refractivity contribution in [3.05, 3.63) is 12.7 Å². The number of esters is 2. The van der Waals surface area contributed by atoms with Gasteiger partial charge in [-0.05, 0) is 48.5 Å². The van der Waals surface area contributed by atoms with Gasteiger partial charge < -0.3 is 22.8 Å². The fourth-order valence-electron chi connectivity index (χ4n) is 2.31. The van der Waals surface area contributed by atoms with Crippen molar-refractivity contribution < 1.29 is 32.3 Å². The fourth-order valence-corrected chi connectivity index (χ4v) is 5.24. The summed E-state index contributed by atoms with van der Waals surface area (Å²) >= 11 is 0. The molecule has 0 N–H and O–H groups in total. The number of rotatable bonds is 7. The first-order chi connectivity index (χ1) is 11.4. The maximum atomic E-state index is 12.4. The minimum Gasteiger partial charge on any atom is -0.461 e. The van der Waals surface area contributed by atoms with E-state index in [0.29, 0.717) is 0 Å². The van der Waals surface area contributed by atoms with Gasteiger partial charge in [-0.15, -0.1) is 6.58 Å². The van der Waals surface area contributed by atoms with Crippen LogP contribution in [0.4, 0.5) is 0 Å². The maximum Gasteiger partial charge on any atom is 0.506 e. The predicted molar refractivity (Wildman–Crippen MR) is 93.8 cm³/mol. The Balaban J connectivity index is 3.14. The Kier molecular flexibility index (Phi) is 7.37. The van der Waals surface area contributed by atoms with E-state index in [2.05, 4.69) is 6.58 Å². The van der Waals surface area contributed by atoms with Crippen molar-refractivity contribution in [3.8, 4) is 0 Å². The molecule has 1 heterocycles. The van der Waals surface area contributed by atoms with Crippen LogP contribution < -0.4 is 0 Å². The molecule has 2 atom stereocenters. The minimum atomic E-state index is -3.34. The van der Waals surface area contributed by atoms with Gasteiger partial charge >= 0.3 is 20.7 Å². The molecule has 144 valence electrons. The molecule has 0 aromatic rings. The molecule has 1 fully saturated rings. The third kappa shape index (κ3) is 6.54. The molecule has 0 amide bonds. The first kappa shape index (κ1) is 21.8. The molecule has 1 rings (SSSR count). The van der Waals surface area contributed by atoms with Crippen LogP contribution in [0, 0.1) is 0 Å². The van der Waals surface area contributed by atoms with E-state index in [-0.39, 0.29) is 18.3 Å². The lowest BCUT2D eigenvalue weighted by Crippen LogP contribution is -2.47. The zero-order chi connectivity index (χ0) is 19.4. The average molecular weight is 375 g/mol. The first-order valence-corrected chi connectivity index (χ1v) is 10.4. The van der Waals surface area contributed by atoms with Gasteiger partial charge in [0.25, 0.3) is 0 Å². The molecule has 1 aliphatic rings. The summed E-state index contributed by atoms with van der Waals surface area (Å²) in [5.41, 5.74) is -0.585. The van der Waals surface area contributed by atoms with Crippen LogP contribution in [-0.2, 0) is 32.3 Å². The summed E-state index contributed by atoms with van der Waals surface area (Å²) in [7, 11) is -3.34. The SMILES string of the molecule is C=CC[Si]1(OC(C)(C)C)O[C@@H](C(=O)OC(C)C)[C@H](C(=O)OC(C)C)O1. The van der Waals surface area contributed by atoms with Gasteiger partial charge in [-0.25, -0.2) is 9.59 Å². The molecule has 1 saturated heterocycles.